The first-order valence-electron chi connectivity index (χ1n) is 7.70. The largest absolute Gasteiger partial charge is 0.352 e. The van der Waals surface area contributed by atoms with E-state index in [9.17, 15) is 9.18 Å². The van der Waals surface area contributed by atoms with Gasteiger partial charge in [-0.2, -0.15) is 4.98 Å². The van der Waals surface area contributed by atoms with Crippen molar-refractivity contribution in [1.82, 2.24) is 15.5 Å². The Hall–Kier alpha value is -2.73. The first kappa shape index (κ1) is 17.1. The van der Waals surface area contributed by atoms with Crippen LogP contribution in [0.1, 0.15) is 17.9 Å². The molecule has 7 heteroatoms. The van der Waals surface area contributed by atoms with Crippen LogP contribution >= 0.6 is 11.6 Å². The Morgan fingerprint density at radius 2 is 2.00 bits per heavy atom. The molecule has 1 amide bonds. The van der Waals surface area contributed by atoms with Gasteiger partial charge in [-0.15, -0.1) is 0 Å². The Morgan fingerprint density at radius 1 is 1.20 bits per heavy atom. The van der Waals surface area contributed by atoms with Crippen molar-refractivity contribution in [2.75, 3.05) is 0 Å². The van der Waals surface area contributed by atoms with Gasteiger partial charge >= 0.3 is 0 Å². The third-order valence-electron chi connectivity index (χ3n) is 3.52. The van der Waals surface area contributed by atoms with Crippen molar-refractivity contribution in [3.63, 3.8) is 0 Å². The molecule has 1 heterocycles. The molecule has 128 valence electrons. The predicted molar refractivity (Wildman–Crippen MR) is 91.3 cm³/mol. The monoisotopic (exact) mass is 359 g/mol. The molecule has 0 spiro atoms. The number of nitrogens with zero attached hydrogens (tertiary/aromatic N) is 2. The van der Waals surface area contributed by atoms with Gasteiger partial charge in [0.05, 0.1) is 0 Å². The van der Waals surface area contributed by atoms with Crippen LogP contribution in [0, 0.1) is 5.82 Å². The number of carbonyl (C=O) groups excluding carboxylic acids is 1. The lowest BCUT2D eigenvalue weighted by Crippen LogP contribution is -2.23. The smallest absolute Gasteiger partial charge is 0.227 e. The normalized spacial score (nSPS) is 10.6. The molecule has 0 saturated carbocycles. The van der Waals surface area contributed by atoms with Gasteiger partial charge in [0, 0.05) is 30.0 Å². The van der Waals surface area contributed by atoms with Crippen molar-refractivity contribution >= 4 is 17.5 Å². The van der Waals surface area contributed by atoms with Crippen molar-refractivity contribution in [2.45, 2.75) is 19.4 Å². The maximum atomic E-state index is 12.8. The number of aromatic nitrogens is 2. The zero-order chi connectivity index (χ0) is 17.6. The van der Waals surface area contributed by atoms with E-state index in [-0.39, 0.29) is 18.1 Å². The summed E-state index contributed by atoms with van der Waals surface area (Å²) in [7, 11) is 0. The van der Waals surface area contributed by atoms with Crippen LogP contribution in [0.25, 0.3) is 11.4 Å². The zero-order valence-corrected chi connectivity index (χ0v) is 14.0. The molecule has 0 fully saturated rings. The van der Waals surface area contributed by atoms with Gasteiger partial charge in [-0.1, -0.05) is 41.0 Å². The third-order valence-corrected chi connectivity index (χ3v) is 3.75. The van der Waals surface area contributed by atoms with E-state index in [0.29, 0.717) is 29.7 Å². The van der Waals surface area contributed by atoms with E-state index in [0.717, 1.165) is 11.1 Å². The molecule has 3 aromatic rings. The molecule has 3 rings (SSSR count). The van der Waals surface area contributed by atoms with Gasteiger partial charge in [0.15, 0.2) is 0 Å². The second-order valence-corrected chi connectivity index (χ2v) is 5.86. The highest BCUT2D eigenvalue weighted by Crippen LogP contribution is 2.20. The minimum absolute atomic E-state index is 0.146. The number of hydrogen-bond donors (Lipinski definition) is 1. The van der Waals surface area contributed by atoms with E-state index in [1.807, 2.05) is 6.07 Å². The maximum Gasteiger partial charge on any atom is 0.227 e. The molecule has 0 radical (unpaired) electrons. The van der Waals surface area contributed by atoms with Crippen molar-refractivity contribution in [3.8, 4) is 11.4 Å². The summed E-state index contributed by atoms with van der Waals surface area (Å²) in [6, 6.07) is 13.1. The molecule has 0 saturated heterocycles. The van der Waals surface area contributed by atoms with Gasteiger partial charge in [0.1, 0.15) is 5.82 Å². The first-order chi connectivity index (χ1) is 12.1. The highest BCUT2D eigenvalue weighted by atomic mass is 35.5. The predicted octanol–water partition coefficient (Wildman–Crippen LogP) is 3.78. The van der Waals surface area contributed by atoms with Crippen LogP contribution in [-0.2, 0) is 17.8 Å². The maximum absolute atomic E-state index is 12.8. The molecular weight excluding hydrogens is 345 g/mol. The van der Waals surface area contributed by atoms with Crippen LogP contribution < -0.4 is 5.32 Å². The van der Waals surface area contributed by atoms with Crippen LogP contribution in [-0.4, -0.2) is 16.0 Å². The van der Waals surface area contributed by atoms with Gasteiger partial charge < -0.3 is 9.84 Å². The summed E-state index contributed by atoms with van der Waals surface area (Å²) >= 11 is 5.94. The molecule has 5 nitrogen and oxygen atoms in total. The average molecular weight is 360 g/mol. The number of hydrogen-bond acceptors (Lipinski definition) is 4. The molecule has 0 bridgehead atoms. The Balaban J connectivity index is 1.50. The van der Waals surface area contributed by atoms with Crippen LogP contribution in [0.5, 0.6) is 0 Å². The summed E-state index contributed by atoms with van der Waals surface area (Å²) in [6.07, 6.45) is 0.557. The van der Waals surface area contributed by atoms with E-state index in [1.54, 1.807) is 30.3 Å². The molecule has 1 aromatic heterocycles. The van der Waals surface area contributed by atoms with Crippen LogP contribution in [0.3, 0.4) is 0 Å². The molecule has 0 unspecified atom stereocenters. The lowest BCUT2D eigenvalue weighted by atomic mass is 10.2. The van der Waals surface area contributed by atoms with E-state index in [4.69, 9.17) is 16.1 Å². The lowest BCUT2D eigenvalue weighted by molar-refractivity contribution is -0.121. The van der Waals surface area contributed by atoms with Crippen molar-refractivity contribution in [1.29, 1.82) is 0 Å². The van der Waals surface area contributed by atoms with Gasteiger partial charge in [0.25, 0.3) is 0 Å². The van der Waals surface area contributed by atoms with Crippen LogP contribution in [0.4, 0.5) is 4.39 Å². The summed E-state index contributed by atoms with van der Waals surface area (Å²) in [6.45, 7) is 0.344. The van der Waals surface area contributed by atoms with E-state index < -0.39 is 0 Å². The fourth-order valence-electron chi connectivity index (χ4n) is 2.21. The van der Waals surface area contributed by atoms with Crippen molar-refractivity contribution < 1.29 is 13.7 Å². The SMILES string of the molecule is O=C(CCc1nc(-c2cccc(Cl)c2)no1)NCc1ccc(F)cc1. The van der Waals surface area contributed by atoms with Crippen molar-refractivity contribution in [3.05, 3.63) is 70.8 Å². The molecule has 0 atom stereocenters. The molecule has 25 heavy (non-hydrogen) atoms. The lowest BCUT2D eigenvalue weighted by Gasteiger charge is -2.04. The van der Waals surface area contributed by atoms with Gasteiger partial charge in [0.2, 0.25) is 17.6 Å². The fourth-order valence-corrected chi connectivity index (χ4v) is 2.40. The molecule has 1 N–H and O–H groups in total. The summed E-state index contributed by atoms with van der Waals surface area (Å²) in [5.74, 6) is 0.366. The van der Waals surface area contributed by atoms with E-state index in [2.05, 4.69) is 15.5 Å². The minimum Gasteiger partial charge on any atom is -0.352 e. The summed E-state index contributed by atoms with van der Waals surface area (Å²) < 4.78 is 18.0. The topological polar surface area (TPSA) is 68.0 Å². The van der Waals surface area contributed by atoms with Gasteiger partial charge in [-0.25, -0.2) is 4.39 Å². The Kier molecular flexibility index (Phi) is 5.40. The summed E-state index contributed by atoms with van der Waals surface area (Å²) in [5.41, 5.74) is 1.58. The van der Waals surface area contributed by atoms with Crippen LogP contribution in [0.2, 0.25) is 5.02 Å². The summed E-state index contributed by atoms with van der Waals surface area (Å²) in [4.78, 5) is 16.1. The Morgan fingerprint density at radius 3 is 2.76 bits per heavy atom. The average Bonchev–Trinajstić information content (AvgIpc) is 3.08. The number of amides is 1. The minimum atomic E-state index is -0.304. The first-order valence-corrected chi connectivity index (χ1v) is 8.07. The fraction of sp³-hybridized carbons (Fsp3) is 0.167. The second-order valence-electron chi connectivity index (χ2n) is 5.43. The zero-order valence-electron chi connectivity index (χ0n) is 13.2. The van der Waals surface area contributed by atoms with Gasteiger partial charge in [-0.3, -0.25) is 4.79 Å². The van der Waals surface area contributed by atoms with Gasteiger partial charge in [-0.05, 0) is 29.8 Å². The van der Waals surface area contributed by atoms with E-state index in [1.165, 1.54) is 12.1 Å². The highest BCUT2D eigenvalue weighted by Gasteiger charge is 2.11. The molecule has 0 aliphatic heterocycles. The number of nitrogens with one attached hydrogen (secondary N) is 1. The standard InChI is InChI=1S/C18H15ClFN3O2/c19-14-3-1-2-13(10-14)18-22-17(25-23-18)9-8-16(24)21-11-12-4-6-15(20)7-5-12/h1-7,10H,8-9,11H2,(H,21,24). The van der Waals surface area contributed by atoms with Crippen LogP contribution in [0.15, 0.2) is 53.1 Å². The number of halogens is 2. The Bertz CT molecular complexity index is 865. The quantitative estimate of drug-likeness (QED) is 0.727. The molecule has 0 aliphatic carbocycles. The third kappa shape index (κ3) is 4.87. The molecular formula is C18H15ClFN3O2. The number of rotatable bonds is 6. The molecule has 0 aliphatic rings. The number of carbonyl (C=O) groups is 1. The molecule has 2 aromatic carbocycles. The number of aryl methyl sites for hydroxylation is 1. The van der Waals surface area contributed by atoms with E-state index >= 15 is 0 Å². The Labute approximate surface area is 148 Å². The second kappa shape index (κ2) is 7.90. The number of benzene rings is 2. The summed E-state index contributed by atoms with van der Waals surface area (Å²) in [5, 5.41) is 7.25. The highest BCUT2D eigenvalue weighted by molar-refractivity contribution is 6.30. The van der Waals surface area contributed by atoms with Crippen molar-refractivity contribution in [2.24, 2.45) is 0 Å².